The predicted octanol–water partition coefficient (Wildman–Crippen LogP) is 3.13. The first kappa shape index (κ1) is 13.1. The van der Waals surface area contributed by atoms with Crippen molar-refractivity contribution in [2.75, 3.05) is 5.32 Å². The van der Waals surface area contributed by atoms with Crippen LogP contribution < -0.4 is 5.32 Å². The van der Waals surface area contributed by atoms with E-state index in [1.807, 2.05) is 18.2 Å². The molecular weight excluding hydrogens is 264 g/mol. The number of carbonyl (C=O) groups is 1. The van der Waals surface area contributed by atoms with Crippen molar-refractivity contribution in [3.63, 3.8) is 0 Å². The normalized spacial score (nSPS) is 11.1. The largest absolute Gasteiger partial charge is 0.410 e. The maximum atomic E-state index is 10.6. The average molecular weight is 275 g/mol. The molecule has 0 radical (unpaired) electrons. The van der Waals surface area contributed by atoms with E-state index in [1.54, 1.807) is 30.3 Å². The molecule has 0 heterocycles. The molecule has 96 valence electrons. The number of nitrogens with zero attached hydrogens (tertiary/aromatic N) is 1. The Bertz CT molecular complexity index is 612. The standard InChI is InChI=1S/C14H11ClN2O2/c15-11-6-7-13(16-9-18)12(8-11)14(17-19)10-4-2-1-3-5-10/h1-9,19H,(H,16,18)/b17-14-. The summed E-state index contributed by atoms with van der Waals surface area (Å²) < 4.78 is 0. The Morgan fingerprint density at radius 3 is 2.58 bits per heavy atom. The Morgan fingerprint density at radius 1 is 1.21 bits per heavy atom. The minimum Gasteiger partial charge on any atom is -0.410 e. The molecule has 0 aromatic heterocycles. The summed E-state index contributed by atoms with van der Waals surface area (Å²) in [5, 5.41) is 15.6. The van der Waals surface area contributed by atoms with Gasteiger partial charge in [0.2, 0.25) is 6.41 Å². The molecular formula is C14H11ClN2O2. The number of rotatable bonds is 4. The molecule has 0 aliphatic rings. The smallest absolute Gasteiger partial charge is 0.211 e. The number of halogens is 1. The van der Waals surface area contributed by atoms with Gasteiger partial charge in [0.25, 0.3) is 0 Å². The van der Waals surface area contributed by atoms with Gasteiger partial charge in [-0.1, -0.05) is 47.1 Å². The highest BCUT2D eigenvalue weighted by molar-refractivity contribution is 6.31. The molecule has 2 aromatic rings. The van der Waals surface area contributed by atoms with Gasteiger partial charge in [0, 0.05) is 16.1 Å². The third kappa shape index (κ3) is 2.92. The first-order valence-electron chi connectivity index (χ1n) is 5.54. The summed E-state index contributed by atoms with van der Waals surface area (Å²) in [6.45, 7) is 0. The van der Waals surface area contributed by atoms with Crippen LogP contribution in [0.5, 0.6) is 0 Å². The molecule has 0 atom stereocenters. The Labute approximate surface area is 115 Å². The zero-order valence-corrected chi connectivity index (χ0v) is 10.6. The van der Waals surface area contributed by atoms with Gasteiger partial charge in [-0.15, -0.1) is 0 Å². The number of benzene rings is 2. The number of anilines is 1. The van der Waals surface area contributed by atoms with E-state index in [-0.39, 0.29) is 0 Å². The van der Waals surface area contributed by atoms with Crippen LogP contribution in [0.1, 0.15) is 11.1 Å². The quantitative estimate of drug-likeness (QED) is 0.389. The van der Waals surface area contributed by atoms with Gasteiger partial charge in [-0.05, 0) is 18.2 Å². The molecule has 0 spiro atoms. The molecule has 0 fully saturated rings. The van der Waals surface area contributed by atoms with Gasteiger partial charge in [0.15, 0.2) is 0 Å². The van der Waals surface area contributed by atoms with Crippen LogP contribution >= 0.6 is 11.6 Å². The van der Waals surface area contributed by atoms with E-state index in [2.05, 4.69) is 10.5 Å². The van der Waals surface area contributed by atoms with Crippen LogP contribution in [0.3, 0.4) is 0 Å². The highest BCUT2D eigenvalue weighted by Crippen LogP contribution is 2.23. The first-order valence-corrected chi connectivity index (χ1v) is 5.91. The number of carbonyl (C=O) groups excluding carboxylic acids is 1. The van der Waals surface area contributed by atoms with Crippen LogP contribution in [-0.4, -0.2) is 17.3 Å². The fraction of sp³-hybridized carbons (Fsp3) is 0. The van der Waals surface area contributed by atoms with E-state index in [9.17, 15) is 10.0 Å². The second-order valence-electron chi connectivity index (χ2n) is 3.77. The van der Waals surface area contributed by atoms with Crippen molar-refractivity contribution < 1.29 is 10.0 Å². The summed E-state index contributed by atoms with van der Waals surface area (Å²) in [6, 6.07) is 14.1. The number of nitrogens with one attached hydrogen (secondary N) is 1. The fourth-order valence-corrected chi connectivity index (χ4v) is 1.94. The topological polar surface area (TPSA) is 61.7 Å². The van der Waals surface area contributed by atoms with Crippen LogP contribution in [-0.2, 0) is 4.79 Å². The second-order valence-corrected chi connectivity index (χ2v) is 4.20. The van der Waals surface area contributed by atoms with Crippen molar-refractivity contribution >= 4 is 29.4 Å². The number of hydrogen-bond donors (Lipinski definition) is 2. The Balaban J connectivity index is 2.55. The zero-order chi connectivity index (χ0) is 13.7. The van der Waals surface area contributed by atoms with Gasteiger partial charge < -0.3 is 10.5 Å². The highest BCUT2D eigenvalue weighted by Gasteiger charge is 2.12. The number of amides is 1. The third-order valence-electron chi connectivity index (χ3n) is 2.60. The molecule has 2 rings (SSSR count). The van der Waals surface area contributed by atoms with Crippen molar-refractivity contribution in [3.8, 4) is 0 Å². The zero-order valence-electron chi connectivity index (χ0n) is 9.88. The van der Waals surface area contributed by atoms with Crippen LogP contribution in [0.4, 0.5) is 5.69 Å². The summed E-state index contributed by atoms with van der Waals surface area (Å²) in [5.41, 5.74) is 2.14. The lowest BCUT2D eigenvalue weighted by atomic mass is 10.0. The van der Waals surface area contributed by atoms with E-state index in [4.69, 9.17) is 11.6 Å². The lowest BCUT2D eigenvalue weighted by Gasteiger charge is -2.10. The Morgan fingerprint density at radius 2 is 1.95 bits per heavy atom. The number of hydrogen-bond acceptors (Lipinski definition) is 3. The van der Waals surface area contributed by atoms with Crippen molar-refractivity contribution in [3.05, 3.63) is 64.7 Å². The molecule has 19 heavy (non-hydrogen) atoms. The molecule has 0 aliphatic heterocycles. The van der Waals surface area contributed by atoms with E-state index >= 15 is 0 Å². The van der Waals surface area contributed by atoms with E-state index in [0.717, 1.165) is 5.56 Å². The minimum absolute atomic E-state index is 0.340. The van der Waals surface area contributed by atoms with Crippen LogP contribution in [0, 0.1) is 0 Å². The van der Waals surface area contributed by atoms with Gasteiger partial charge in [-0.2, -0.15) is 0 Å². The van der Waals surface area contributed by atoms with Crippen molar-refractivity contribution in [2.24, 2.45) is 5.16 Å². The lowest BCUT2D eigenvalue weighted by Crippen LogP contribution is -2.08. The van der Waals surface area contributed by atoms with Crippen molar-refractivity contribution in [1.82, 2.24) is 0 Å². The molecule has 1 amide bonds. The molecule has 4 nitrogen and oxygen atoms in total. The molecule has 2 N–H and O–H groups in total. The van der Waals surface area contributed by atoms with Crippen LogP contribution in [0.25, 0.3) is 0 Å². The summed E-state index contributed by atoms with van der Waals surface area (Å²) >= 11 is 5.95. The van der Waals surface area contributed by atoms with Crippen LogP contribution in [0.15, 0.2) is 53.7 Å². The second kappa shape index (κ2) is 6.02. The van der Waals surface area contributed by atoms with E-state index in [0.29, 0.717) is 28.4 Å². The molecule has 0 aliphatic carbocycles. The summed E-state index contributed by atoms with van der Waals surface area (Å²) in [7, 11) is 0. The van der Waals surface area contributed by atoms with E-state index in [1.165, 1.54) is 0 Å². The summed E-state index contributed by atoms with van der Waals surface area (Å²) in [4.78, 5) is 10.6. The molecule has 0 unspecified atom stereocenters. The van der Waals surface area contributed by atoms with Gasteiger partial charge >= 0.3 is 0 Å². The lowest BCUT2D eigenvalue weighted by molar-refractivity contribution is -0.105. The Kier molecular flexibility index (Phi) is 4.15. The van der Waals surface area contributed by atoms with Crippen molar-refractivity contribution in [2.45, 2.75) is 0 Å². The van der Waals surface area contributed by atoms with Gasteiger partial charge in [0.05, 0.1) is 5.69 Å². The molecule has 0 bridgehead atoms. The maximum Gasteiger partial charge on any atom is 0.211 e. The van der Waals surface area contributed by atoms with Gasteiger partial charge in [-0.25, -0.2) is 0 Å². The molecule has 0 saturated carbocycles. The SMILES string of the molecule is O=CNc1ccc(Cl)cc1/C(=N\O)c1ccccc1. The molecule has 0 saturated heterocycles. The Hall–Kier alpha value is -2.33. The van der Waals surface area contributed by atoms with Crippen LogP contribution in [0.2, 0.25) is 5.02 Å². The number of oxime groups is 1. The van der Waals surface area contributed by atoms with Gasteiger partial charge in [-0.3, -0.25) is 4.79 Å². The average Bonchev–Trinajstić information content (AvgIpc) is 2.44. The van der Waals surface area contributed by atoms with Gasteiger partial charge in [0.1, 0.15) is 5.71 Å². The minimum atomic E-state index is 0.340. The summed E-state index contributed by atoms with van der Waals surface area (Å²) in [6.07, 6.45) is 0.562. The van der Waals surface area contributed by atoms with E-state index < -0.39 is 0 Å². The first-order chi connectivity index (χ1) is 9.26. The predicted molar refractivity (Wildman–Crippen MR) is 75.0 cm³/mol. The van der Waals surface area contributed by atoms with Crippen molar-refractivity contribution in [1.29, 1.82) is 0 Å². The third-order valence-corrected chi connectivity index (χ3v) is 2.83. The summed E-state index contributed by atoms with van der Waals surface area (Å²) in [5.74, 6) is 0. The molecule has 2 aromatic carbocycles. The fourth-order valence-electron chi connectivity index (χ4n) is 1.76. The monoisotopic (exact) mass is 274 g/mol. The maximum absolute atomic E-state index is 10.6. The molecule has 5 heteroatoms. The highest BCUT2D eigenvalue weighted by atomic mass is 35.5.